The molecule has 0 spiro atoms. The summed E-state index contributed by atoms with van der Waals surface area (Å²) in [6.07, 6.45) is 0.741. The van der Waals surface area contributed by atoms with E-state index in [2.05, 4.69) is 4.90 Å². The van der Waals surface area contributed by atoms with E-state index in [4.69, 9.17) is 41.8 Å². The van der Waals surface area contributed by atoms with Gasteiger partial charge < -0.3 is 18.6 Å². The lowest BCUT2D eigenvalue weighted by Crippen LogP contribution is -2.33. The molecule has 0 saturated carbocycles. The molecule has 35 heavy (non-hydrogen) atoms. The Morgan fingerprint density at radius 2 is 1.83 bits per heavy atom. The highest BCUT2D eigenvalue weighted by Crippen LogP contribution is 2.36. The van der Waals surface area contributed by atoms with Gasteiger partial charge in [0.15, 0.2) is 0 Å². The van der Waals surface area contributed by atoms with Crippen LogP contribution < -0.4 is 19.8 Å². The third kappa shape index (κ3) is 4.69. The number of benzene rings is 3. The normalized spacial score (nSPS) is 13.4. The van der Waals surface area contributed by atoms with Crippen molar-refractivity contribution in [2.75, 3.05) is 27.5 Å². The first-order valence-electron chi connectivity index (χ1n) is 11.1. The molecule has 180 valence electrons. The minimum absolute atomic E-state index is 0.419. The first kappa shape index (κ1) is 23.5. The Balaban J connectivity index is 1.45. The Labute approximate surface area is 212 Å². The molecule has 1 aliphatic heterocycles. The van der Waals surface area contributed by atoms with E-state index in [-0.39, 0.29) is 0 Å². The van der Waals surface area contributed by atoms with Crippen LogP contribution in [0.1, 0.15) is 11.1 Å². The van der Waals surface area contributed by atoms with E-state index in [0.717, 1.165) is 35.2 Å². The molecule has 0 bridgehead atoms. The highest BCUT2D eigenvalue weighted by molar-refractivity contribution is 6.35. The van der Waals surface area contributed by atoms with E-state index in [1.165, 1.54) is 0 Å². The smallest absolute Gasteiger partial charge is 0.344 e. The van der Waals surface area contributed by atoms with E-state index < -0.39 is 5.63 Å². The van der Waals surface area contributed by atoms with Crippen LogP contribution in [0.5, 0.6) is 17.2 Å². The zero-order valence-corrected chi connectivity index (χ0v) is 20.8. The number of nitrogens with zero attached hydrogens (tertiary/aromatic N) is 1. The van der Waals surface area contributed by atoms with Gasteiger partial charge in [0.05, 0.1) is 25.3 Å². The van der Waals surface area contributed by atoms with Crippen LogP contribution in [0.25, 0.3) is 22.1 Å². The average molecular weight is 512 g/mol. The second-order valence-corrected chi connectivity index (χ2v) is 9.13. The number of halogens is 2. The summed E-state index contributed by atoms with van der Waals surface area (Å²) >= 11 is 12.3. The van der Waals surface area contributed by atoms with Crippen molar-refractivity contribution in [3.63, 3.8) is 0 Å². The van der Waals surface area contributed by atoms with Gasteiger partial charge in [0, 0.05) is 40.2 Å². The summed E-state index contributed by atoms with van der Waals surface area (Å²) in [5.41, 5.74) is 3.00. The minimum atomic E-state index is -0.445. The topological polar surface area (TPSA) is 61.1 Å². The molecule has 4 aromatic rings. The number of rotatable bonds is 6. The van der Waals surface area contributed by atoms with Crippen LogP contribution in [0.3, 0.4) is 0 Å². The van der Waals surface area contributed by atoms with Gasteiger partial charge in [-0.15, -0.1) is 0 Å². The SMILES string of the molecule is COc1ccc(-c2cc3ccc4c(c3oc2=O)CN(CCc2ccc(Cl)cc2Cl)CO4)c(OC)c1. The van der Waals surface area contributed by atoms with Gasteiger partial charge in [-0.05, 0) is 54.4 Å². The number of hydrogen-bond acceptors (Lipinski definition) is 6. The van der Waals surface area contributed by atoms with Crippen molar-refractivity contribution in [1.29, 1.82) is 0 Å². The van der Waals surface area contributed by atoms with Gasteiger partial charge >= 0.3 is 5.63 Å². The lowest BCUT2D eigenvalue weighted by Gasteiger charge is -2.29. The molecule has 3 aromatic carbocycles. The van der Waals surface area contributed by atoms with Gasteiger partial charge in [0.2, 0.25) is 0 Å². The third-order valence-corrected chi connectivity index (χ3v) is 6.75. The van der Waals surface area contributed by atoms with Crippen molar-refractivity contribution in [3.8, 4) is 28.4 Å². The molecule has 0 fully saturated rings. The number of fused-ring (bicyclic) bond motifs is 3. The van der Waals surface area contributed by atoms with Crippen LogP contribution in [0.4, 0.5) is 0 Å². The monoisotopic (exact) mass is 511 g/mol. The molecule has 5 rings (SSSR count). The predicted octanol–water partition coefficient (Wildman–Crippen LogP) is 6.18. The lowest BCUT2D eigenvalue weighted by molar-refractivity contribution is 0.0968. The quantitative estimate of drug-likeness (QED) is 0.288. The van der Waals surface area contributed by atoms with Gasteiger partial charge in [-0.1, -0.05) is 29.3 Å². The fourth-order valence-electron chi connectivity index (χ4n) is 4.29. The Morgan fingerprint density at radius 3 is 2.60 bits per heavy atom. The van der Waals surface area contributed by atoms with Crippen molar-refractivity contribution in [1.82, 2.24) is 4.90 Å². The fourth-order valence-corrected chi connectivity index (χ4v) is 4.80. The van der Waals surface area contributed by atoms with Crippen LogP contribution in [0, 0.1) is 0 Å². The maximum absolute atomic E-state index is 13.1. The van der Waals surface area contributed by atoms with Crippen molar-refractivity contribution in [3.05, 3.63) is 86.2 Å². The van der Waals surface area contributed by atoms with E-state index in [1.54, 1.807) is 38.5 Å². The summed E-state index contributed by atoms with van der Waals surface area (Å²) in [5.74, 6) is 1.89. The molecule has 0 unspecified atom stereocenters. The second kappa shape index (κ2) is 9.82. The Kier molecular flexibility index (Phi) is 6.60. The van der Waals surface area contributed by atoms with Gasteiger partial charge in [-0.25, -0.2) is 4.79 Å². The van der Waals surface area contributed by atoms with Crippen LogP contribution in [0.15, 0.2) is 63.8 Å². The van der Waals surface area contributed by atoms with E-state index in [0.29, 0.717) is 51.5 Å². The maximum Gasteiger partial charge on any atom is 0.344 e. The number of ether oxygens (including phenoxy) is 3. The molecule has 0 saturated heterocycles. The molecule has 0 aliphatic carbocycles. The van der Waals surface area contributed by atoms with Crippen LogP contribution in [-0.2, 0) is 13.0 Å². The molecular formula is C27H23Cl2NO5. The predicted molar refractivity (Wildman–Crippen MR) is 137 cm³/mol. The largest absolute Gasteiger partial charge is 0.497 e. The molecule has 8 heteroatoms. The summed E-state index contributed by atoms with van der Waals surface area (Å²) < 4.78 is 22.6. The van der Waals surface area contributed by atoms with E-state index >= 15 is 0 Å². The van der Waals surface area contributed by atoms with Crippen molar-refractivity contribution in [2.45, 2.75) is 13.0 Å². The molecular weight excluding hydrogens is 489 g/mol. The van der Waals surface area contributed by atoms with Crippen molar-refractivity contribution >= 4 is 34.2 Å². The van der Waals surface area contributed by atoms with Gasteiger partial charge in [-0.3, -0.25) is 4.90 Å². The molecule has 2 heterocycles. The lowest BCUT2D eigenvalue weighted by atomic mass is 10.0. The Hall–Kier alpha value is -3.19. The molecule has 0 amide bonds. The highest BCUT2D eigenvalue weighted by Gasteiger charge is 2.23. The summed E-state index contributed by atoms with van der Waals surface area (Å²) in [6.45, 7) is 1.75. The first-order valence-corrected chi connectivity index (χ1v) is 11.8. The number of methoxy groups -OCH3 is 2. The third-order valence-electron chi connectivity index (χ3n) is 6.16. The Bertz CT molecular complexity index is 1470. The van der Waals surface area contributed by atoms with Crippen molar-refractivity contribution in [2.24, 2.45) is 0 Å². The summed E-state index contributed by atoms with van der Waals surface area (Å²) in [4.78, 5) is 15.2. The molecule has 1 aliphatic rings. The van der Waals surface area contributed by atoms with Crippen molar-refractivity contribution < 1.29 is 18.6 Å². The number of hydrogen-bond donors (Lipinski definition) is 0. The first-order chi connectivity index (χ1) is 17.0. The van der Waals surface area contributed by atoms with Gasteiger partial charge in [0.25, 0.3) is 0 Å². The molecule has 0 atom stereocenters. The Morgan fingerprint density at radius 1 is 0.971 bits per heavy atom. The van der Waals surface area contributed by atoms with E-state index in [1.807, 2.05) is 30.3 Å². The summed E-state index contributed by atoms with van der Waals surface area (Å²) in [5, 5.41) is 2.07. The average Bonchev–Trinajstić information content (AvgIpc) is 2.87. The highest BCUT2D eigenvalue weighted by atomic mass is 35.5. The maximum atomic E-state index is 13.1. The molecule has 0 N–H and O–H groups in total. The zero-order chi connectivity index (χ0) is 24.5. The summed E-state index contributed by atoms with van der Waals surface area (Å²) in [7, 11) is 3.14. The minimum Gasteiger partial charge on any atom is -0.497 e. The van der Waals surface area contributed by atoms with Gasteiger partial charge in [0.1, 0.15) is 29.6 Å². The van der Waals surface area contributed by atoms with Crippen LogP contribution >= 0.6 is 23.2 Å². The van der Waals surface area contributed by atoms with E-state index in [9.17, 15) is 4.79 Å². The van der Waals surface area contributed by atoms with Gasteiger partial charge in [-0.2, -0.15) is 0 Å². The molecule has 1 aromatic heterocycles. The molecule has 0 radical (unpaired) electrons. The molecule has 6 nitrogen and oxygen atoms in total. The zero-order valence-electron chi connectivity index (χ0n) is 19.3. The standard InChI is InChI=1S/C27H23Cl2NO5/c1-32-19-6-7-20(25(13-19)33-2)21-11-17-4-8-24-22(26(17)35-27(21)31)14-30(15-34-24)10-9-16-3-5-18(28)12-23(16)29/h3-8,11-13H,9-10,14-15H2,1-2H3. The second-order valence-electron chi connectivity index (χ2n) is 8.29. The fraction of sp³-hybridized carbons (Fsp3) is 0.222. The van der Waals surface area contributed by atoms with Crippen LogP contribution in [-0.4, -0.2) is 32.4 Å². The summed E-state index contributed by atoms with van der Waals surface area (Å²) in [6, 6.07) is 16.5. The van der Waals surface area contributed by atoms with Crippen LogP contribution in [0.2, 0.25) is 10.0 Å².